The van der Waals surface area contributed by atoms with Crippen molar-refractivity contribution in [2.24, 2.45) is 0 Å². The van der Waals surface area contributed by atoms with Crippen LogP contribution in [-0.4, -0.2) is 48.3 Å². The van der Waals surface area contributed by atoms with E-state index in [1.807, 2.05) is 30.3 Å². The van der Waals surface area contributed by atoms with Gasteiger partial charge in [-0.25, -0.2) is 4.79 Å². The normalized spacial score (nSPS) is 13.2. The Morgan fingerprint density at radius 1 is 1.00 bits per heavy atom. The first-order chi connectivity index (χ1) is 14.6. The molecule has 1 fully saturated rings. The number of hydrogen-bond acceptors (Lipinski definition) is 5. The molecule has 3 aromatic rings. The van der Waals surface area contributed by atoms with E-state index in [0.29, 0.717) is 31.9 Å². The number of aromatic nitrogens is 1. The predicted octanol–water partition coefficient (Wildman–Crippen LogP) is 0.652. The first-order valence-electron chi connectivity index (χ1n) is 9.64. The Labute approximate surface area is 203 Å². The van der Waals surface area contributed by atoms with Crippen LogP contribution in [0.1, 0.15) is 22.1 Å². The average molecular weight is 427 g/mol. The van der Waals surface area contributed by atoms with Crippen molar-refractivity contribution in [2.45, 2.75) is 0 Å². The van der Waals surface area contributed by atoms with Gasteiger partial charge >= 0.3 is 35.5 Å². The zero-order valence-electron chi connectivity index (χ0n) is 18.2. The van der Waals surface area contributed by atoms with E-state index < -0.39 is 11.9 Å². The molecule has 1 aromatic heterocycles. The van der Waals surface area contributed by atoms with Crippen molar-refractivity contribution in [3.05, 3.63) is 78.1 Å². The molecule has 31 heavy (non-hydrogen) atoms. The van der Waals surface area contributed by atoms with E-state index in [-0.39, 0.29) is 42.2 Å². The minimum Gasteiger partial charge on any atom is -1.00 e. The van der Waals surface area contributed by atoms with E-state index in [9.17, 15) is 14.7 Å². The number of aromatic carboxylic acids is 1. The second-order valence-electron chi connectivity index (χ2n) is 6.92. The summed E-state index contributed by atoms with van der Waals surface area (Å²) in [5.41, 5.74) is 3.23. The molecule has 1 aliphatic rings. The summed E-state index contributed by atoms with van der Waals surface area (Å²) in [7, 11) is 0. The summed E-state index contributed by atoms with van der Waals surface area (Å²) >= 11 is 0. The smallest absolute Gasteiger partial charge is 1.00 e. The van der Waals surface area contributed by atoms with Crippen molar-refractivity contribution < 1.29 is 50.4 Å². The van der Waals surface area contributed by atoms with Crippen molar-refractivity contribution in [3.8, 4) is 11.1 Å². The molecule has 0 bridgehead atoms. The van der Waals surface area contributed by atoms with Gasteiger partial charge in [0.25, 0.3) is 5.91 Å². The average Bonchev–Trinajstić information content (AvgIpc) is 2.80. The van der Waals surface area contributed by atoms with E-state index >= 15 is 0 Å². The SMILES string of the molecule is O=C(Nc1cc(N2CCOCC2)ccc1C(=O)O)c1cncc(-c2ccccc2)c1.[H-].[Na+]. The predicted molar refractivity (Wildman–Crippen MR) is 115 cm³/mol. The van der Waals surface area contributed by atoms with E-state index in [2.05, 4.69) is 15.2 Å². The minimum absolute atomic E-state index is 0. The van der Waals surface area contributed by atoms with Crippen LogP contribution in [0, 0.1) is 0 Å². The van der Waals surface area contributed by atoms with Gasteiger partial charge in [0.05, 0.1) is 30.0 Å². The Balaban J connectivity index is 0.00000181. The van der Waals surface area contributed by atoms with E-state index in [4.69, 9.17) is 4.74 Å². The summed E-state index contributed by atoms with van der Waals surface area (Å²) in [6, 6.07) is 16.3. The Hall–Kier alpha value is -2.71. The van der Waals surface area contributed by atoms with Gasteiger partial charge in [-0.15, -0.1) is 0 Å². The van der Waals surface area contributed by atoms with Crippen molar-refractivity contribution in [3.63, 3.8) is 0 Å². The first kappa shape index (κ1) is 23.0. The Morgan fingerprint density at radius 3 is 2.45 bits per heavy atom. The molecule has 1 saturated heterocycles. The van der Waals surface area contributed by atoms with Gasteiger partial charge < -0.3 is 21.5 Å². The van der Waals surface area contributed by atoms with Crippen LogP contribution < -0.4 is 39.8 Å². The fourth-order valence-corrected chi connectivity index (χ4v) is 3.39. The van der Waals surface area contributed by atoms with Crippen molar-refractivity contribution in [1.82, 2.24) is 4.98 Å². The number of amides is 1. The number of ether oxygens (including phenoxy) is 1. The van der Waals surface area contributed by atoms with Crippen molar-refractivity contribution in [1.29, 1.82) is 0 Å². The van der Waals surface area contributed by atoms with E-state index in [0.717, 1.165) is 16.8 Å². The third-order valence-electron chi connectivity index (χ3n) is 4.97. The summed E-state index contributed by atoms with van der Waals surface area (Å²) < 4.78 is 5.37. The molecule has 2 aromatic carbocycles. The molecule has 0 atom stereocenters. The molecule has 0 unspecified atom stereocenters. The number of pyridine rings is 1. The molecule has 7 nitrogen and oxygen atoms in total. The number of benzene rings is 2. The van der Waals surface area contributed by atoms with Crippen molar-refractivity contribution >= 4 is 23.3 Å². The third kappa shape index (κ3) is 5.51. The molecular weight excluding hydrogens is 405 g/mol. The van der Waals surface area contributed by atoms with Gasteiger partial charge in [-0.2, -0.15) is 0 Å². The summed E-state index contributed by atoms with van der Waals surface area (Å²) in [5.74, 6) is -1.52. The molecule has 0 aliphatic carbocycles. The standard InChI is InChI=1S/C23H21N3O4.Na.H/c27-22(18-12-17(14-24-15-18)16-4-2-1-3-5-16)25-21-13-19(6-7-20(21)23(28)29)26-8-10-30-11-9-26;;/h1-7,12-15H,8-11H2,(H,25,27)(H,28,29);;/q;+1;-1. The molecular formula is C23H22N3NaO4. The summed E-state index contributed by atoms with van der Waals surface area (Å²) in [5, 5.41) is 12.3. The molecule has 2 heterocycles. The topological polar surface area (TPSA) is 91.8 Å². The van der Waals surface area contributed by atoms with Crippen LogP contribution >= 0.6 is 0 Å². The van der Waals surface area contributed by atoms with Gasteiger partial charge in [0, 0.05) is 36.7 Å². The maximum Gasteiger partial charge on any atom is 1.00 e. The Bertz CT molecular complexity index is 1080. The van der Waals surface area contributed by atoms with Gasteiger partial charge in [0.1, 0.15) is 0 Å². The van der Waals surface area contributed by atoms with Gasteiger partial charge in [0.2, 0.25) is 0 Å². The number of morpholine rings is 1. The van der Waals surface area contributed by atoms with E-state index in [1.165, 1.54) is 12.3 Å². The zero-order chi connectivity index (χ0) is 20.9. The summed E-state index contributed by atoms with van der Waals surface area (Å²) in [4.78, 5) is 30.8. The minimum atomic E-state index is -1.10. The van der Waals surface area contributed by atoms with Crippen LogP contribution in [0.5, 0.6) is 0 Å². The number of hydrogen-bond donors (Lipinski definition) is 2. The number of carboxylic acids is 1. The number of nitrogens with one attached hydrogen (secondary N) is 1. The molecule has 0 saturated carbocycles. The molecule has 2 N–H and O–H groups in total. The molecule has 0 spiro atoms. The summed E-state index contributed by atoms with van der Waals surface area (Å²) in [6.07, 6.45) is 3.15. The van der Waals surface area contributed by atoms with Gasteiger partial charge in [0.15, 0.2) is 0 Å². The van der Waals surface area contributed by atoms with Crippen LogP contribution in [-0.2, 0) is 4.74 Å². The second-order valence-corrected chi connectivity index (χ2v) is 6.92. The van der Waals surface area contributed by atoms with Crippen molar-refractivity contribution in [2.75, 3.05) is 36.5 Å². The number of rotatable bonds is 5. The molecule has 1 amide bonds. The molecule has 154 valence electrons. The van der Waals surface area contributed by atoms with Crippen LogP contribution in [0.3, 0.4) is 0 Å². The van der Waals surface area contributed by atoms with Gasteiger partial charge in [-0.1, -0.05) is 30.3 Å². The van der Waals surface area contributed by atoms with Crippen LogP contribution in [0.25, 0.3) is 11.1 Å². The van der Waals surface area contributed by atoms with Gasteiger partial charge in [-0.05, 0) is 29.8 Å². The number of anilines is 2. The number of carbonyl (C=O) groups excluding carboxylic acids is 1. The Kier molecular flexibility index (Phi) is 7.81. The quantitative estimate of drug-likeness (QED) is 0.581. The summed E-state index contributed by atoms with van der Waals surface area (Å²) in [6.45, 7) is 2.65. The number of carbonyl (C=O) groups is 2. The number of carboxylic acid groups (broad SMARTS) is 1. The fraction of sp³-hybridized carbons (Fsp3) is 0.174. The third-order valence-corrected chi connectivity index (χ3v) is 4.97. The zero-order valence-corrected chi connectivity index (χ0v) is 19.2. The monoisotopic (exact) mass is 427 g/mol. The van der Waals surface area contributed by atoms with E-state index in [1.54, 1.807) is 24.4 Å². The fourth-order valence-electron chi connectivity index (χ4n) is 3.39. The molecule has 8 heteroatoms. The van der Waals surface area contributed by atoms with Crippen LogP contribution in [0.4, 0.5) is 11.4 Å². The molecule has 0 radical (unpaired) electrons. The van der Waals surface area contributed by atoms with Crippen LogP contribution in [0.15, 0.2) is 67.0 Å². The maximum absolute atomic E-state index is 12.9. The molecule has 4 rings (SSSR count). The number of nitrogens with zero attached hydrogens (tertiary/aromatic N) is 2. The first-order valence-corrected chi connectivity index (χ1v) is 9.64. The molecule has 1 aliphatic heterocycles. The Morgan fingerprint density at radius 2 is 1.74 bits per heavy atom. The van der Waals surface area contributed by atoms with Gasteiger partial charge in [-0.3, -0.25) is 9.78 Å². The largest absolute Gasteiger partial charge is 1.00 e. The maximum atomic E-state index is 12.9. The van der Waals surface area contributed by atoms with Crippen LogP contribution in [0.2, 0.25) is 0 Å². The second kappa shape index (κ2) is 10.5.